The number of guanidine groups is 1. The molecule has 1 aromatic carbocycles. The van der Waals surface area contributed by atoms with Crippen molar-refractivity contribution in [1.29, 1.82) is 0 Å². The number of benzene rings is 1. The average molecular weight is 460 g/mol. The first-order valence-corrected chi connectivity index (χ1v) is 9.61. The second-order valence-corrected chi connectivity index (χ2v) is 6.55. The molecule has 1 aliphatic heterocycles. The normalized spacial score (nSPS) is 16.2. The van der Waals surface area contributed by atoms with Gasteiger partial charge in [0, 0.05) is 52.1 Å². The molecule has 2 rings (SSSR count). The number of thioether (sulfide) groups is 1. The minimum atomic E-state index is 0. The highest BCUT2D eigenvalue weighted by Crippen LogP contribution is 2.05. The lowest BCUT2D eigenvalue weighted by Gasteiger charge is -2.36. The van der Waals surface area contributed by atoms with Gasteiger partial charge in [-0.05, 0) is 11.8 Å². The summed E-state index contributed by atoms with van der Waals surface area (Å²) >= 11 is 1.86. The number of aliphatic imine (C=N–C) groups is 1. The van der Waals surface area contributed by atoms with Gasteiger partial charge in [-0.1, -0.05) is 42.5 Å². The number of nitrogens with zero attached hydrogens (tertiary/aromatic N) is 3. The fourth-order valence-electron chi connectivity index (χ4n) is 2.64. The topological polar surface area (TPSA) is 30.9 Å². The lowest BCUT2D eigenvalue weighted by atomic mass is 10.2. The van der Waals surface area contributed by atoms with Crippen molar-refractivity contribution >= 4 is 47.8 Å². The summed E-state index contributed by atoms with van der Waals surface area (Å²) in [5.41, 5.74) is 1.27. The Hall–Kier alpha value is -0.730. The summed E-state index contributed by atoms with van der Waals surface area (Å²) in [7, 11) is 1.87. The van der Waals surface area contributed by atoms with Crippen molar-refractivity contribution in [3.8, 4) is 0 Å². The van der Waals surface area contributed by atoms with Crippen LogP contribution < -0.4 is 5.32 Å². The van der Waals surface area contributed by atoms with Crippen LogP contribution in [0.3, 0.4) is 0 Å². The number of hydrogen-bond acceptors (Lipinski definition) is 3. The molecule has 1 fully saturated rings. The van der Waals surface area contributed by atoms with Gasteiger partial charge >= 0.3 is 0 Å². The molecule has 0 saturated carbocycles. The Balaban J connectivity index is 0.00000288. The molecule has 0 bridgehead atoms. The standard InChI is InChI=1S/C18H28N4S.HI/c1-19-18(20-10-16-23-2)22-14-12-21(13-15-22)11-6-9-17-7-4-3-5-8-17;/h3-9H,10-16H2,1-2H3,(H,19,20);1H/b9-6+;. The molecule has 134 valence electrons. The molecule has 1 N–H and O–H groups in total. The van der Waals surface area contributed by atoms with Crippen LogP contribution in [0.4, 0.5) is 0 Å². The highest BCUT2D eigenvalue weighted by atomic mass is 127. The molecule has 1 aliphatic rings. The molecule has 4 nitrogen and oxygen atoms in total. The maximum absolute atomic E-state index is 4.40. The largest absolute Gasteiger partial charge is 0.355 e. The minimum absolute atomic E-state index is 0. The fraction of sp³-hybridized carbons (Fsp3) is 0.500. The van der Waals surface area contributed by atoms with Gasteiger partial charge in [0.1, 0.15) is 0 Å². The summed E-state index contributed by atoms with van der Waals surface area (Å²) in [6.07, 6.45) is 6.60. The number of halogens is 1. The molecular formula is C18H29IN4S. The van der Waals surface area contributed by atoms with Crippen LogP contribution in [0.1, 0.15) is 5.56 Å². The van der Waals surface area contributed by atoms with Gasteiger partial charge in [-0.15, -0.1) is 24.0 Å². The molecule has 0 aromatic heterocycles. The Morgan fingerprint density at radius 2 is 1.92 bits per heavy atom. The number of piperazine rings is 1. The van der Waals surface area contributed by atoms with Crippen molar-refractivity contribution in [3.05, 3.63) is 42.0 Å². The van der Waals surface area contributed by atoms with Crippen LogP contribution in [0.15, 0.2) is 41.4 Å². The SMILES string of the molecule is CN=C(NCCSC)N1CCN(C/C=C/c2ccccc2)CC1.I. The van der Waals surface area contributed by atoms with Crippen molar-refractivity contribution < 1.29 is 0 Å². The molecule has 0 aliphatic carbocycles. The first-order chi connectivity index (χ1) is 11.3. The molecule has 0 amide bonds. The zero-order valence-corrected chi connectivity index (χ0v) is 17.8. The van der Waals surface area contributed by atoms with E-state index < -0.39 is 0 Å². The third-order valence-electron chi connectivity index (χ3n) is 3.95. The van der Waals surface area contributed by atoms with Crippen molar-refractivity contribution in [2.45, 2.75) is 0 Å². The van der Waals surface area contributed by atoms with Gasteiger partial charge in [0.25, 0.3) is 0 Å². The van der Waals surface area contributed by atoms with E-state index in [0.29, 0.717) is 0 Å². The first kappa shape index (κ1) is 21.3. The highest BCUT2D eigenvalue weighted by Gasteiger charge is 2.18. The van der Waals surface area contributed by atoms with Crippen molar-refractivity contribution in [2.75, 3.05) is 58.3 Å². The Labute approximate surface area is 167 Å². The van der Waals surface area contributed by atoms with Gasteiger partial charge in [0.05, 0.1) is 0 Å². The second kappa shape index (κ2) is 12.6. The van der Waals surface area contributed by atoms with Gasteiger partial charge in [0.2, 0.25) is 0 Å². The monoisotopic (exact) mass is 460 g/mol. The van der Waals surface area contributed by atoms with Crippen LogP contribution in [0, 0.1) is 0 Å². The van der Waals surface area contributed by atoms with Crippen LogP contribution in [0.5, 0.6) is 0 Å². The van der Waals surface area contributed by atoms with Gasteiger partial charge < -0.3 is 10.2 Å². The lowest BCUT2D eigenvalue weighted by molar-refractivity contribution is 0.194. The van der Waals surface area contributed by atoms with Crippen molar-refractivity contribution in [3.63, 3.8) is 0 Å². The Morgan fingerprint density at radius 3 is 2.54 bits per heavy atom. The first-order valence-electron chi connectivity index (χ1n) is 8.22. The van der Waals surface area contributed by atoms with Crippen LogP contribution >= 0.6 is 35.7 Å². The van der Waals surface area contributed by atoms with Crippen LogP contribution in [0.2, 0.25) is 0 Å². The molecule has 1 aromatic rings. The quantitative estimate of drug-likeness (QED) is 0.306. The van der Waals surface area contributed by atoms with E-state index in [4.69, 9.17) is 0 Å². The molecule has 1 heterocycles. The molecule has 0 radical (unpaired) electrons. The molecule has 0 unspecified atom stereocenters. The summed E-state index contributed by atoms with van der Waals surface area (Å²) in [6.45, 7) is 6.25. The molecule has 0 atom stereocenters. The van der Waals surface area contributed by atoms with E-state index in [1.807, 2.05) is 18.8 Å². The van der Waals surface area contributed by atoms with E-state index in [2.05, 4.69) is 68.8 Å². The zero-order chi connectivity index (χ0) is 16.3. The summed E-state index contributed by atoms with van der Waals surface area (Å²) in [4.78, 5) is 9.25. The van der Waals surface area contributed by atoms with Crippen molar-refractivity contribution in [2.24, 2.45) is 4.99 Å². The lowest BCUT2D eigenvalue weighted by Crippen LogP contribution is -2.52. The van der Waals surface area contributed by atoms with Gasteiger partial charge in [-0.3, -0.25) is 9.89 Å². The van der Waals surface area contributed by atoms with E-state index in [9.17, 15) is 0 Å². The number of hydrogen-bond donors (Lipinski definition) is 1. The zero-order valence-electron chi connectivity index (χ0n) is 14.6. The predicted octanol–water partition coefficient (Wildman–Crippen LogP) is 2.87. The Bertz CT molecular complexity index is 499. The summed E-state index contributed by atoms with van der Waals surface area (Å²) in [5.74, 6) is 2.15. The van der Waals surface area contributed by atoms with E-state index >= 15 is 0 Å². The Kier molecular flexibility index (Phi) is 11.2. The molecule has 0 spiro atoms. The molecule has 24 heavy (non-hydrogen) atoms. The number of rotatable bonds is 6. The van der Waals surface area contributed by atoms with Crippen molar-refractivity contribution in [1.82, 2.24) is 15.1 Å². The van der Waals surface area contributed by atoms with E-state index in [1.54, 1.807) is 0 Å². The third-order valence-corrected chi connectivity index (χ3v) is 4.56. The van der Waals surface area contributed by atoms with E-state index in [0.717, 1.165) is 51.0 Å². The average Bonchev–Trinajstić information content (AvgIpc) is 2.61. The molecule has 1 saturated heterocycles. The maximum atomic E-state index is 4.40. The maximum Gasteiger partial charge on any atom is 0.193 e. The third kappa shape index (κ3) is 7.44. The smallest absolute Gasteiger partial charge is 0.193 e. The van der Waals surface area contributed by atoms with Gasteiger partial charge in [-0.25, -0.2) is 0 Å². The van der Waals surface area contributed by atoms with Gasteiger partial charge in [0.15, 0.2) is 5.96 Å². The highest BCUT2D eigenvalue weighted by molar-refractivity contribution is 14.0. The van der Waals surface area contributed by atoms with Crippen LogP contribution in [-0.4, -0.2) is 74.1 Å². The molecular weight excluding hydrogens is 431 g/mol. The summed E-state index contributed by atoms with van der Waals surface area (Å²) in [6, 6.07) is 10.5. The van der Waals surface area contributed by atoms with E-state index in [-0.39, 0.29) is 24.0 Å². The second-order valence-electron chi connectivity index (χ2n) is 5.57. The summed E-state index contributed by atoms with van der Waals surface area (Å²) < 4.78 is 0. The predicted molar refractivity (Wildman–Crippen MR) is 119 cm³/mol. The summed E-state index contributed by atoms with van der Waals surface area (Å²) in [5, 5.41) is 3.44. The van der Waals surface area contributed by atoms with Crippen LogP contribution in [0.25, 0.3) is 6.08 Å². The van der Waals surface area contributed by atoms with Crippen LogP contribution in [-0.2, 0) is 0 Å². The minimum Gasteiger partial charge on any atom is -0.355 e. The number of nitrogens with one attached hydrogen (secondary N) is 1. The fourth-order valence-corrected chi connectivity index (χ4v) is 2.95. The Morgan fingerprint density at radius 1 is 1.21 bits per heavy atom. The molecule has 6 heteroatoms. The van der Waals surface area contributed by atoms with Gasteiger partial charge in [-0.2, -0.15) is 11.8 Å². The van der Waals surface area contributed by atoms with E-state index in [1.165, 1.54) is 5.56 Å².